The molecule has 0 unspecified atom stereocenters. The second-order valence-electron chi connectivity index (χ2n) is 5.98. The Balaban J connectivity index is 2.09. The first kappa shape index (κ1) is 19.8. The molecule has 3 rings (SSSR count). The van der Waals surface area contributed by atoms with Crippen LogP contribution in [0.5, 0.6) is 11.5 Å². The van der Waals surface area contributed by atoms with Gasteiger partial charge in [0.2, 0.25) is 0 Å². The fourth-order valence-electron chi connectivity index (χ4n) is 2.89. The number of nitrogens with zero attached hydrogens (tertiary/aromatic N) is 2. The topological polar surface area (TPSA) is 62.6 Å². The molecule has 2 aromatic carbocycles. The van der Waals surface area contributed by atoms with E-state index < -0.39 is 5.97 Å². The Morgan fingerprint density at radius 3 is 2.64 bits per heavy atom. The van der Waals surface area contributed by atoms with Gasteiger partial charge in [-0.1, -0.05) is 29.8 Å². The first-order chi connectivity index (χ1) is 13.5. The van der Waals surface area contributed by atoms with Gasteiger partial charge in [-0.2, -0.15) is 5.10 Å². The second-order valence-corrected chi connectivity index (χ2v) is 6.42. The van der Waals surface area contributed by atoms with E-state index in [1.54, 1.807) is 30.0 Å². The van der Waals surface area contributed by atoms with E-state index >= 15 is 0 Å². The smallest absolute Gasteiger partial charge is 0.358 e. The molecule has 0 saturated heterocycles. The van der Waals surface area contributed by atoms with Gasteiger partial charge in [-0.05, 0) is 37.3 Å². The average molecular weight is 401 g/mol. The normalized spacial score (nSPS) is 10.6. The maximum Gasteiger partial charge on any atom is 0.358 e. The number of rotatable bonds is 7. The summed E-state index contributed by atoms with van der Waals surface area (Å²) in [6.45, 7) is 2.91. The van der Waals surface area contributed by atoms with Crippen LogP contribution in [0.2, 0.25) is 5.02 Å². The summed E-state index contributed by atoms with van der Waals surface area (Å²) in [5.41, 5.74) is 2.65. The Bertz CT molecular complexity index is 984. The maximum absolute atomic E-state index is 12.0. The fourth-order valence-corrected chi connectivity index (χ4v) is 3.12. The molecular weight excluding hydrogens is 380 g/mol. The van der Waals surface area contributed by atoms with Crippen LogP contribution >= 0.6 is 11.6 Å². The maximum atomic E-state index is 12.0. The van der Waals surface area contributed by atoms with Gasteiger partial charge in [0, 0.05) is 16.1 Å². The lowest BCUT2D eigenvalue weighted by Gasteiger charge is -2.13. The van der Waals surface area contributed by atoms with Gasteiger partial charge in [-0.3, -0.25) is 4.68 Å². The van der Waals surface area contributed by atoms with Crippen LogP contribution in [0.4, 0.5) is 0 Å². The van der Waals surface area contributed by atoms with E-state index in [9.17, 15) is 4.79 Å². The molecule has 146 valence electrons. The van der Waals surface area contributed by atoms with E-state index in [1.165, 1.54) is 7.11 Å². The number of carbonyl (C=O) groups excluding carboxylic acids is 1. The summed E-state index contributed by atoms with van der Waals surface area (Å²) in [5.74, 6) is 0.881. The van der Waals surface area contributed by atoms with E-state index in [1.807, 2.05) is 37.3 Å². The highest BCUT2D eigenvalue weighted by atomic mass is 35.5. The Morgan fingerprint density at radius 1 is 1.14 bits per heavy atom. The van der Waals surface area contributed by atoms with Crippen molar-refractivity contribution < 1.29 is 19.0 Å². The van der Waals surface area contributed by atoms with Crippen LogP contribution in [0, 0.1) is 0 Å². The SMILES string of the molecule is CCOc1ccccc1Cn1nc(C(=O)OC)cc1-c1cc(Cl)cc(OC)c1. The monoisotopic (exact) mass is 400 g/mol. The van der Waals surface area contributed by atoms with Gasteiger partial charge < -0.3 is 14.2 Å². The van der Waals surface area contributed by atoms with Crippen LogP contribution < -0.4 is 9.47 Å². The molecule has 0 spiro atoms. The minimum atomic E-state index is -0.507. The molecule has 1 heterocycles. The van der Waals surface area contributed by atoms with Gasteiger partial charge >= 0.3 is 5.97 Å². The molecule has 0 atom stereocenters. The molecule has 0 aliphatic rings. The minimum Gasteiger partial charge on any atom is -0.497 e. The third kappa shape index (κ3) is 4.28. The zero-order valence-electron chi connectivity index (χ0n) is 15.9. The predicted molar refractivity (Wildman–Crippen MR) is 107 cm³/mol. The van der Waals surface area contributed by atoms with Crippen molar-refractivity contribution in [2.75, 3.05) is 20.8 Å². The molecule has 0 N–H and O–H groups in total. The second kappa shape index (κ2) is 8.80. The van der Waals surface area contributed by atoms with Crippen molar-refractivity contribution in [3.63, 3.8) is 0 Å². The summed E-state index contributed by atoms with van der Waals surface area (Å²) < 4.78 is 17.6. The van der Waals surface area contributed by atoms with Crippen LogP contribution in [0.3, 0.4) is 0 Å². The number of halogens is 1. The van der Waals surface area contributed by atoms with E-state index in [4.69, 9.17) is 25.8 Å². The largest absolute Gasteiger partial charge is 0.497 e. The van der Waals surface area contributed by atoms with Gasteiger partial charge in [0.25, 0.3) is 0 Å². The summed E-state index contributed by atoms with van der Waals surface area (Å²) >= 11 is 6.23. The summed E-state index contributed by atoms with van der Waals surface area (Å²) in [6.07, 6.45) is 0. The standard InChI is InChI=1S/C21H21ClN2O4/c1-4-28-20-8-6-5-7-14(20)13-24-19(12-18(23-24)21(25)27-3)15-9-16(22)11-17(10-15)26-2/h5-12H,4,13H2,1-3H3. The van der Waals surface area contributed by atoms with Crippen molar-refractivity contribution in [3.05, 3.63) is 64.8 Å². The van der Waals surface area contributed by atoms with Crippen LogP contribution in [-0.4, -0.2) is 36.6 Å². The van der Waals surface area contributed by atoms with Crippen molar-refractivity contribution in [2.24, 2.45) is 0 Å². The Kier molecular flexibility index (Phi) is 6.21. The molecule has 1 aromatic heterocycles. The number of carbonyl (C=O) groups is 1. The van der Waals surface area contributed by atoms with Crippen molar-refractivity contribution in [1.29, 1.82) is 0 Å². The van der Waals surface area contributed by atoms with Crippen LogP contribution in [-0.2, 0) is 11.3 Å². The predicted octanol–water partition coefficient (Wildman–Crippen LogP) is 4.45. The highest BCUT2D eigenvalue weighted by Crippen LogP contribution is 2.30. The van der Waals surface area contributed by atoms with Crippen molar-refractivity contribution in [2.45, 2.75) is 13.5 Å². The Hall–Kier alpha value is -2.99. The number of methoxy groups -OCH3 is 2. The van der Waals surface area contributed by atoms with E-state index in [2.05, 4.69) is 5.10 Å². The van der Waals surface area contributed by atoms with E-state index in [-0.39, 0.29) is 5.69 Å². The van der Waals surface area contributed by atoms with Crippen LogP contribution in [0.25, 0.3) is 11.3 Å². The quantitative estimate of drug-likeness (QED) is 0.548. The number of hydrogen-bond donors (Lipinski definition) is 0. The molecule has 0 radical (unpaired) electrons. The molecule has 0 fully saturated rings. The molecule has 6 nitrogen and oxygen atoms in total. The van der Waals surface area contributed by atoms with Gasteiger partial charge in [0.1, 0.15) is 11.5 Å². The van der Waals surface area contributed by atoms with Gasteiger partial charge in [0.05, 0.1) is 33.1 Å². The van der Waals surface area contributed by atoms with Crippen LogP contribution in [0.15, 0.2) is 48.5 Å². The zero-order chi connectivity index (χ0) is 20.1. The number of ether oxygens (including phenoxy) is 3. The minimum absolute atomic E-state index is 0.213. The molecule has 0 aliphatic carbocycles. The fraction of sp³-hybridized carbons (Fsp3) is 0.238. The Morgan fingerprint density at radius 2 is 1.93 bits per heavy atom. The Labute approximate surface area is 168 Å². The van der Waals surface area contributed by atoms with Crippen molar-refractivity contribution in [3.8, 4) is 22.8 Å². The van der Waals surface area contributed by atoms with E-state index in [0.717, 1.165) is 16.9 Å². The molecular formula is C21H21ClN2O4. The lowest BCUT2D eigenvalue weighted by Crippen LogP contribution is -2.08. The number of benzene rings is 2. The molecule has 3 aromatic rings. The van der Waals surface area contributed by atoms with Gasteiger partial charge in [0.15, 0.2) is 5.69 Å². The molecule has 0 amide bonds. The van der Waals surface area contributed by atoms with Gasteiger partial charge in [-0.15, -0.1) is 0 Å². The van der Waals surface area contributed by atoms with Crippen molar-refractivity contribution >= 4 is 17.6 Å². The first-order valence-corrected chi connectivity index (χ1v) is 9.15. The summed E-state index contributed by atoms with van der Waals surface area (Å²) in [5, 5.41) is 4.97. The first-order valence-electron chi connectivity index (χ1n) is 8.77. The van der Waals surface area contributed by atoms with Crippen LogP contribution in [0.1, 0.15) is 23.0 Å². The highest BCUT2D eigenvalue weighted by molar-refractivity contribution is 6.31. The molecule has 28 heavy (non-hydrogen) atoms. The molecule has 0 bridgehead atoms. The number of para-hydroxylation sites is 1. The summed E-state index contributed by atoms with van der Waals surface area (Å²) in [4.78, 5) is 12.0. The summed E-state index contributed by atoms with van der Waals surface area (Å²) in [7, 11) is 2.90. The molecule has 7 heteroatoms. The highest BCUT2D eigenvalue weighted by Gasteiger charge is 2.18. The van der Waals surface area contributed by atoms with Crippen molar-refractivity contribution in [1.82, 2.24) is 9.78 Å². The number of esters is 1. The van der Waals surface area contributed by atoms with Gasteiger partial charge in [-0.25, -0.2) is 4.79 Å². The lowest BCUT2D eigenvalue weighted by atomic mass is 10.1. The third-order valence-electron chi connectivity index (χ3n) is 4.17. The molecule has 0 aliphatic heterocycles. The number of hydrogen-bond acceptors (Lipinski definition) is 5. The van der Waals surface area contributed by atoms with E-state index in [0.29, 0.717) is 29.6 Å². The third-order valence-corrected chi connectivity index (χ3v) is 4.39. The average Bonchev–Trinajstić information content (AvgIpc) is 3.12. The zero-order valence-corrected chi connectivity index (χ0v) is 16.7. The lowest BCUT2D eigenvalue weighted by molar-refractivity contribution is 0.0593. The summed E-state index contributed by atoms with van der Waals surface area (Å²) in [6, 6.07) is 14.8. The number of aromatic nitrogens is 2. The molecule has 0 saturated carbocycles.